The summed E-state index contributed by atoms with van der Waals surface area (Å²) in [5.41, 5.74) is 0.182. The summed E-state index contributed by atoms with van der Waals surface area (Å²) in [7, 11) is 0. The van der Waals surface area contributed by atoms with Gasteiger partial charge in [-0.2, -0.15) is 0 Å². The Morgan fingerprint density at radius 2 is 2.33 bits per heavy atom. The van der Waals surface area contributed by atoms with Crippen LogP contribution >= 0.6 is 0 Å². The normalized spacial score (nSPS) is 30.7. The molecule has 0 N–H and O–H groups in total. The second kappa shape index (κ2) is 1.98. The molecule has 1 rings (SSSR count). The zero-order valence-corrected chi connectivity index (χ0v) is 5.92. The van der Waals surface area contributed by atoms with E-state index in [2.05, 4.69) is 19.9 Å². The van der Waals surface area contributed by atoms with Crippen molar-refractivity contribution in [2.24, 2.45) is 11.3 Å². The summed E-state index contributed by atoms with van der Waals surface area (Å²) in [4.78, 5) is 10.4. The lowest BCUT2D eigenvalue weighted by Crippen LogP contribution is -2.18. The second-order valence-corrected chi connectivity index (χ2v) is 3.28. The van der Waals surface area contributed by atoms with Crippen LogP contribution in [0.5, 0.6) is 0 Å². The maximum Gasteiger partial charge on any atom is 0.127 e. The summed E-state index contributed by atoms with van der Waals surface area (Å²) < 4.78 is 0. The monoisotopic (exact) mass is 124 g/mol. The van der Waals surface area contributed by atoms with Crippen molar-refractivity contribution in [3.8, 4) is 0 Å². The molecule has 1 nitrogen and oxygen atoms in total. The number of hydrogen-bond donors (Lipinski definition) is 0. The molecule has 0 aliphatic heterocycles. The molecule has 0 aromatic rings. The van der Waals surface area contributed by atoms with Crippen LogP contribution in [0.4, 0.5) is 0 Å². The molecule has 1 aliphatic rings. The van der Waals surface area contributed by atoms with Crippen LogP contribution in [0.15, 0.2) is 12.2 Å². The highest BCUT2D eigenvalue weighted by Crippen LogP contribution is 2.35. The van der Waals surface area contributed by atoms with Crippen LogP contribution in [-0.2, 0) is 4.79 Å². The van der Waals surface area contributed by atoms with E-state index in [1.807, 2.05) is 6.08 Å². The molecule has 1 aliphatic carbocycles. The predicted octanol–water partition coefficient (Wildman–Crippen LogP) is 1.79. The van der Waals surface area contributed by atoms with E-state index in [0.29, 0.717) is 0 Å². The molecule has 1 unspecified atom stereocenters. The average Bonchev–Trinajstić information content (AvgIpc) is 2.08. The van der Waals surface area contributed by atoms with Gasteiger partial charge in [0, 0.05) is 5.92 Å². The number of hydrogen-bond acceptors (Lipinski definition) is 1. The first-order valence-corrected chi connectivity index (χ1v) is 3.29. The minimum Gasteiger partial charge on any atom is -0.303 e. The van der Waals surface area contributed by atoms with E-state index in [9.17, 15) is 4.79 Å². The first-order chi connectivity index (χ1) is 4.17. The highest BCUT2D eigenvalue weighted by atomic mass is 16.1. The zero-order chi connectivity index (χ0) is 6.91. The summed E-state index contributed by atoms with van der Waals surface area (Å²) in [6, 6.07) is 0. The Balaban J connectivity index is 2.71. The molecule has 0 amide bonds. The van der Waals surface area contributed by atoms with Crippen LogP contribution in [0.1, 0.15) is 20.3 Å². The lowest BCUT2D eigenvalue weighted by Gasteiger charge is -2.21. The van der Waals surface area contributed by atoms with Gasteiger partial charge < -0.3 is 4.79 Å². The number of allylic oxidation sites excluding steroid dienone is 2. The van der Waals surface area contributed by atoms with Crippen LogP contribution in [-0.4, -0.2) is 6.29 Å². The standard InChI is InChI=1S/C8H12O/c1-8(2)5-3-4-7(8)6-9/h3-4,6-7H,5H2,1-2H3. The highest BCUT2D eigenvalue weighted by molar-refractivity contribution is 5.59. The smallest absolute Gasteiger partial charge is 0.127 e. The minimum absolute atomic E-state index is 0.150. The largest absolute Gasteiger partial charge is 0.303 e. The Kier molecular flexibility index (Phi) is 1.43. The molecular formula is C8H12O. The lowest BCUT2D eigenvalue weighted by molar-refractivity contribution is -0.112. The molecule has 0 bridgehead atoms. The minimum atomic E-state index is 0.150. The molecule has 0 aromatic carbocycles. The molecular weight excluding hydrogens is 112 g/mol. The van der Waals surface area contributed by atoms with Crippen LogP contribution in [0, 0.1) is 11.3 Å². The van der Waals surface area contributed by atoms with Gasteiger partial charge in [0.2, 0.25) is 0 Å². The van der Waals surface area contributed by atoms with Crippen molar-refractivity contribution in [2.75, 3.05) is 0 Å². The fourth-order valence-electron chi connectivity index (χ4n) is 1.14. The molecule has 0 heterocycles. The zero-order valence-electron chi connectivity index (χ0n) is 5.92. The molecule has 0 radical (unpaired) electrons. The first-order valence-electron chi connectivity index (χ1n) is 3.29. The van der Waals surface area contributed by atoms with E-state index in [-0.39, 0.29) is 11.3 Å². The van der Waals surface area contributed by atoms with Gasteiger partial charge in [-0.3, -0.25) is 0 Å². The predicted molar refractivity (Wildman–Crippen MR) is 37.1 cm³/mol. The van der Waals surface area contributed by atoms with Gasteiger partial charge in [0.25, 0.3) is 0 Å². The summed E-state index contributed by atoms with van der Waals surface area (Å²) in [6.45, 7) is 4.23. The molecule has 1 atom stereocenters. The van der Waals surface area contributed by atoms with Crippen molar-refractivity contribution in [1.29, 1.82) is 0 Å². The summed E-state index contributed by atoms with van der Waals surface area (Å²) in [5.74, 6) is 0.150. The van der Waals surface area contributed by atoms with Crippen LogP contribution < -0.4 is 0 Å². The van der Waals surface area contributed by atoms with Crippen molar-refractivity contribution in [2.45, 2.75) is 20.3 Å². The van der Waals surface area contributed by atoms with Gasteiger partial charge in [-0.1, -0.05) is 26.0 Å². The summed E-state index contributed by atoms with van der Waals surface area (Å²) in [5, 5.41) is 0. The molecule has 0 aromatic heterocycles. The quantitative estimate of drug-likeness (QED) is 0.384. The lowest BCUT2D eigenvalue weighted by atomic mass is 9.82. The highest BCUT2D eigenvalue weighted by Gasteiger charge is 2.29. The van der Waals surface area contributed by atoms with Gasteiger partial charge in [-0.05, 0) is 11.8 Å². The number of aldehydes is 1. The fraction of sp³-hybridized carbons (Fsp3) is 0.625. The second-order valence-electron chi connectivity index (χ2n) is 3.28. The van der Waals surface area contributed by atoms with E-state index >= 15 is 0 Å². The van der Waals surface area contributed by atoms with Gasteiger partial charge in [0.1, 0.15) is 6.29 Å². The van der Waals surface area contributed by atoms with Crippen molar-refractivity contribution in [1.82, 2.24) is 0 Å². The van der Waals surface area contributed by atoms with Gasteiger partial charge in [-0.15, -0.1) is 0 Å². The van der Waals surface area contributed by atoms with Gasteiger partial charge in [0.05, 0.1) is 0 Å². The molecule has 1 heteroatoms. The number of carbonyl (C=O) groups excluding carboxylic acids is 1. The molecule has 0 saturated heterocycles. The maximum absolute atomic E-state index is 10.4. The van der Waals surface area contributed by atoms with Crippen molar-refractivity contribution in [3.63, 3.8) is 0 Å². The summed E-state index contributed by atoms with van der Waals surface area (Å²) >= 11 is 0. The Morgan fingerprint density at radius 1 is 1.67 bits per heavy atom. The van der Waals surface area contributed by atoms with Gasteiger partial charge >= 0.3 is 0 Å². The molecule has 0 saturated carbocycles. The van der Waals surface area contributed by atoms with E-state index in [1.54, 1.807) is 0 Å². The molecule has 0 fully saturated rings. The third-order valence-corrected chi connectivity index (χ3v) is 2.04. The Morgan fingerprint density at radius 3 is 2.56 bits per heavy atom. The number of carbonyl (C=O) groups is 1. The topological polar surface area (TPSA) is 17.1 Å². The van der Waals surface area contributed by atoms with E-state index in [1.165, 1.54) is 0 Å². The Labute approximate surface area is 55.8 Å². The fourth-order valence-corrected chi connectivity index (χ4v) is 1.14. The third kappa shape index (κ3) is 1.04. The van der Waals surface area contributed by atoms with Crippen molar-refractivity contribution >= 4 is 6.29 Å². The maximum atomic E-state index is 10.4. The van der Waals surface area contributed by atoms with E-state index in [4.69, 9.17) is 0 Å². The number of rotatable bonds is 1. The van der Waals surface area contributed by atoms with Crippen molar-refractivity contribution < 1.29 is 4.79 Å². The SMILES string of the molecule is CC1(C)CC=CC1C=O. The van der Waals surface area contributed by atoms with Crippen LogP contribution in [0.25, 0.3) is 0 Å². The molecule has 0 spiro atoms. The van der Waals surface area contributed by atoms with Gasteiger partial charge in [0.15, 0.2) is 0 Å². The average molecular weight is 124 g/mol. The third-order valence-electron chi connectivity index (χ3n) is 2.04. The van der Waals surface area contributed by atoms with Crippen molar-refractivity contribution in [3.05, 3.63) is 12.2 Å². The first kappa shape index (κ1) is 6.53. The summed E-state index contributed by atoms with van der Waals surface area (Å²) in [6.07, 6.45) is 6.14. The van der Waals surface area contributed by atoms with Crippen LogP contribution in [0.2, 0.25) is 0 Å². The van der Waals surface area contributed by atoms with Gasteiger partial charge in [-0.25, -0.2) is 0 Å². The Hall–Kier alpha value is -0.590. The molecule has 50 valence electrons. The Bertz CT molecular complexity index is 145. The van der Waals surface area contributed by atoms with E-state index < -0.39 is 0 Å². The molecule has 9 heavy (non-hydrogen) atoms. The van der Waals surface area contributed by atoms with Crippen LogP contribution in [0.3, 0.4) is 0 Å². The van der Waals surface area contributed by atoms with E-state index in [0.717, 1.165) is 12.7 Å².